The minimum Gasteiger partial charge on any atom is -0.478 e. The summed E-state index contributed by atoms with van der Waals surface area (Å²) in [6.07, 6.45) is 9.30. The molecule has 0 aromatic heterocycles. The maximum absolute atomic E-state index is 13.7. The summed E-state index contributed by atoms with van der Waals surface area (Å²) in [6, 6.07) is 3.42. The lowest BCUT2D eigenvalue weighted by Crippen LogP contribution is -2.69. The third-order valence-electron chi connectivity index (χ3n) is 7.27. The highest BCUT2D eigenvalue weighted by Crippen LogP contribution is 2.62. The van der Waals surface area contributed by atoms with Crippen LogP contribution >= 0.6 is 11.8 Å². The van der Waals surface area contributed by atoms with Gasteiger partial charge in [-0.1, -0.05) is 19.8 Å². The highest BCUT2D eigenvalue weighted by molar-refractivity contribution is 7.98. The Bertz CT molecular complexity index is 1040. The lowest BCUT2D eigenvalue weighted by atomic mass is 9.49. The van der Waals surface area contributed by atoms with Crippen LogP contribution < -0.4 is 9.64 Å². The summed E-state index contributed by atoms with van der Waals surface area (Å²) in [5, 5.41) is 9.13. The van der Waals surface area contributed by atoms with Gasteiger partial charge >= 0.3 is 5.97 Å². The number of nitrogens with zero attached hydrogens (tertiary/aromatic N) is 2. The number of likely N-dealkylation sites (N-methyl/N-ethyl adjacent to an activating group) is 1. The van der Waals surface area contributed by atoms with Gasteiger partial charge < -0.3 is 14.7 Å². The van der Waals surface area contributed by atoms with Crippen molar-refractivity contribution in [1.29, 1.82) is 0 Å². The number of hydrogen-bond donors (Lipinski definition) is 1. The quantitative estimate of drug-likeness (QED) is 0.337. The Balaban J connectivity index is 1.83. The number of anilines is 1. The average Bonchev–Trinajstić information content (AvgIpc) is 2.76. The van der Waals surface area contributed by atoms with Crippen LogP contribution in [0.3, 0.4) is 0 Å². The zero-order valence-electron chi connectivity index (χ0n) is 19.1. The van der Waals surface area contributed by atoms with Crippen LogP contribution in [-0.4, -0.2) is 55.2 Å². The van der Waals surface area contributed by atoms with Gasteiger partial charge in [0.15, 0.2) is 0 Å². The van der Waals surface area contributed by atoms with Gasteiger partial charge in [0.25, 0.3) is 0 Å². The Morgan fingerprint density at radius 3 is 2.56 bits per heavy atom. The van der Waals surface area contributed by atoms with Gasteiger partial charge in [0.1, 0.15) is 16.9 Å². The van der Waals surface area contributed by atoms with Gasteiger partial charge in [-0.15, -0.1) is 11.8 Å². The number of carbonyl (C=O) groups is 1. The van der Waals surface area contributed by atoms with E-state index in [0.717, 1.165) is 55.0 Å². The highest BCUT2D eigenvalue weighted by atomic mass is 32.2. The first-order valence-corrected chi connectivity index (χ1v) is 13.8. The number of unbranched alkanes of at least 4 members (excludes halogenated alkanes) is 1. The molecule has 2 bridgehead atoms. The van der Waals surface area contributed by atoms with Gasteiger partial charge in [-0.3, -0.25) is 0 Å². The fourth-order valence-corrected chi connectivity index (χ4v) is 7.20. The molecule has 0 unspecified atom stereocenters. The molecular formula is C23H32N2O5S2. The summed E-state index contributed by atoms with van der Waals surface area (Å²) in [5.74, 6) is 0.0571. The molecule has 176 valence electrons. The minimum atomic E-state index is -3.73. The number of hydrogen-bond acceptors (Lipinski definition) is 6. The first-order chi connectivity index (χ1) is 15.1. The fraction of sp³-hybridized carbons (Fsp3) is 0.609. The SMILES string of the molecule is CCCC[C@@H]1CN(C23CC(C2)C3)c2cc(SC)c(O/C=C(\C)C(=O)O)cc2S(=O)(=O)N1C. The molecule has 1 atom stereocenters. The van der Waals surface area contributed by atoms with Crippen molar-refractivity contribution in [3.8, 4) is 5.75 Å². The van der Waals surface area contributed by atoms with Gasteiger partial charge in [0, 0.05) is 31.2 Å². The molecule has 3 saturated carbocycles. The molecule has 7 nitrogen and oxygen atoms in total. The van der Waals surface area contributed by atoms with Crippen LogP contribution in [0.2, 0.25) is 0 Å². The van der Waals surface area contributed by atoms with E-state index in [4.69, 9.17) is 9.84 Å². The molecule has 1 aliphatic heterocycles. The summed E-state index contributed by atoms with van der Waals surface area (Å²) in [4.78, 5) is 14.6. The van der Waals surface area contributed by atoms with Gasteiger partial charge in [-0.05, 0) is 50.8 Å². The smallest absolute Gasteiger partial charge is 0.334 e. The van der Waals surface area contributed by atoms with Crippen molar-refractivity contribution in [2.75, 3.05) is 24.7 Å². The molecule has 1 aromatic carbocycles. The topological polar surface area (TPSA) is 87.1 Å². The molecule has 9 heteroatoms. The molecule has 1 heterocycles. The van der Waals surface area contributed by atoms with Crippen LogP contribution in [0.5, 0.6) is 5.75 Å². The molecule has 3 aliphatic carbocycles. The Morgan fingerprint density at radius 2 is 2.03 bits per heavy atom. The average molecular weight is 481 g/mol. The van der Waals surface area contributed by atoms with Crippen LogP contribution in [0.25, 0.3) is 0 Å². The van der Waals surface area contributed by atoms with E-state index >= 15 is 0 Å². The number of thioether (sulfide) groups is 1. The molecule has 0 radical (unpaired) electrons. The number of rotatable bonds is 8. The Hall–Kier alpha value is -1.71. The number of ether oxygens (including phenoxy) is 1. The summed E-state index contributed by atoms with van der Waals surface area (Å²) in [6.45, 7) is 4.26. The van der Waals surface area contributed by atoms with Gasteiger partial charge in [0.2, 0.25) is 10.0 Å². The number of fused-ring (bicyclic) bond motifs is 1. The predicted octanol–water partition coefficient (Wildman–Crippen LogP) is 4.33. The maximum Gasteiger partial charge on any atom is 0.334 e. The summed E-state index contributed by atoms with van der Waals surface area (Å²) >= 11 is 1.47. The van der Waals surface area contributed by atoms with E-state index < -0.39 is 16.0 Å². The zero-order chi connectivity index (χ0) is 23.3. The van der Waals surface area contributed by atoms with E-state index in [-0.39, 0.29) is 22.0 Å². The molecule has 0 saturated heterocycles. The van der Waals surface area contributed by atoms with E-state index in [1.807, 2.05) is 12.3 Å². The summed E-state index contributed by atoms with van der Waals surface area (Å²) in [7, 11) is -2.05. The Labute approximate surface area is 194 Å². The summed E-state index contributed by atoms with van der Waals surface area (Å²) in [5.41, 5.74) is 0.870. The molecule has 0 spiro atoms. The van der Waals surface area contributed by atoms with Crippen molar-refractivity contribution in [2.45, 2.75) is 73.7 Å². The number of sulfonamides is 1. The third kappa shape index (κ3) is 3.82. The second-order valence-corrected chi connectivity index (χ2v) is 12.1. The fourth-order valence-electron chi connectivity index (χ4n) is 5.10. The van der Waals surface area contributed by atoms with Gasteiger partial charge in [0.05, 0.1) is 16.2 Å². The Morgan fingerprint density at radius 1 is 1.34 bits per heavy atom. The van der Waals surface area contributed by atoms with Crippen molar-refractivity contribution in [2.24, 2.45) is 5.92 Å². The number of carboxylic acid groups (broad SMARTS) is 1. The highest BCUT2D eigenvalue weighted by Gasteiger charge is 2.61. The van der Waals surface area contributed by atoms with E-state index in [2.05, 4.69) is 11.8 Å². The summed E-state index contributed by atoms with van der Waals surface area (Å²) < 4.78 is 34.6. The van der Waals surface area contributed by atoms with E-state index in [1.54, 1.807) is 13.1 Å². The molecule has 1 aromatic rings. The largest absolute Gasteiger partial charge is 0.478 e. The first-order valence-electron chi connectivity index (χ1n) is 11.2. The predicted molar refractivity (Wildman–Crippen MR) is 126 cm³/mol. The second-order valence-electron chi connectivity index (χ2n) is 9.33. The molecule has 0 amide bonds. The van der Waals surface area contributed by atoms with Crippen molar-refractivity contribution in [3.05, 3.63) is 24.0 Å². The van der Waals surface area contributed by atoms with Crippen LogP contribution in [-0.2, 0) is 14.8 Å². The molecule has 5 rings (SSSR count). The number of carboxylic acids is 1. The number of aliphatic carboxylic acids is 1. The molecule has 1 N–H and O–H groups in total. The van der Waals surface area contributed by atoms with E-state index in [9.17, 15) is 13.2 Å². The second kappa shape index (κ2) is 8.57. The van der Waals surface area contributed by atoms with Gasteiger partial charge in [-0.25, -0.2) is 13.2 Å². The number of benzene rings is 1. The molecule has 4 aliphatic rings. The van der Waals surface area contributed by atoms with Crippen LogP contribution in [0, 0.1) is 5.92 Å². The van der Waals surface area contributed by atoms with Crippen molar-refractivity contribution in [3.63, 3.8) is 0 Å². The lowest BCUT2D eigenvalue weighted by Gasteiger charge is -2.67. The van der Waals surface area contributed by atoms with Crippen molar-refractivity contribution >= 4 is 33.4 Å². The van der Waals surface area contributed by atoms with Gasteiger partial charge in [-0.2, -0.15) is 4.31 Å². The first kappa shape index (κ1) is 23.4. The molecule has 32 heavy (non-hydrogen) atoms. The lowest BCUT2D eigenvalue weighted by molar-refractivity contribution is -0.132. The van der Waals surface area contributed by atoms with Crippen molar-refractivity contribution in [1.82, 2.24) is 4.31 Å². The third-order valence-corrected chi connectivity index (χ3v) is 9.97. The van der Waals surface area contributed by atoms with Crippen LogP contribution in [0.15, 0.2) is 33.8 Å². The minimum absolute atomic E-state index is 0.0436. The van der Waals surface area contributed by atoms with E-state index in [1.165, 1.54) is 29.3 Å². The normalized spacial score (nSPS) is 28.9. The van der Waals surface area contributed by atoms with E-state index in [0.29, 0.717) is 12.3 Å². The molecular weight excluding hydrogens is 448 g/mol. The standard InChI is InChI=1S/C23H32N2O5S2/c1-5-6-7-17-13-25(23-10-16(11-23)12-23)18-8-20(31-4)19(30-14-15(2)22(26)27)9-21(18)32(28,29)24(17)3/h8-9,14,16-17H,5-7,10-13H2,1-4H3,(H,26,27)/b15-14+/t16?,17-,23?/m1/s1. The van der Waals surface area contributed by atoms with Crippen molar-refractivity contribution < 1.29 is 23.1 Å². The Kier molecular flexibility index (Phi) is 6.28. The van der Waals surface area contributed by atoms with Crippen LogP contribution in [0.4, 0.5) is 5.69 Å². The monoisotopic (exact) mass is 480 g/mol. The van der Waals surface area contributed by atoms with Crippen LogP contribution in [0.1, 0.15) is 52.4 Å². The molecule has 3 fully saturated rings. The zero-order valence-corrected chi connectivity index (χ0v) is 20.8. The maximum atomic E-state index is 13.7.